The number of ether oxygens (including phenoxy) is 1. The lowest BCUT2D eigenvalue weighted by Crippen LogP contribution is -2.19. The van der Waals surface area contributed by atoms with Gasteiger partial charge in [0.1, 0.15) is 5.56 Å². The van der Waals surface area contributed by atoms with Gasteiger partial charge in [0.15, 0.2) is 0 Å². The van der Waals surface area contributed by atoms with Crippen LogP contribution in [0.5, 0.6) is 0 Å². The highest BCUT2D eigenvalue weighted by molar-refractivity contribution is 5.88. The van der Waals surface area contributed by atoms with Crippen LogP contribution in [-0.4, -0.2) is 28.5 Å². The van der Waals surface area contributed by atoms with Crippen molar-refractivity contribution in [2.24, 2.45) is 0 Å². The van der Waals surface area contributed by atoms with Crippen molar-refractivity contribution in [1.82, 2.24) is 9.94 Å². The summed E-state index contributed by atoms with van der Waals surface area (Å²) in [4.78, 5) is 38.2. The van der Waals surface area contributed by atoms with Gasteiger partial charge in [-0.15, -0.1) is 4.85 Å². The molecule has 0 aliphatic rings. The Labute approximate surface area is 84.5 Å². The SMILES string of the molecule is CCOC(=O)c1cn(OC(C)=O)[nH]c1=O. The normalized spacial score (nSPS) is 9.73. The summed E-state index contributed by atoms with van der Waals surface area (Å²) in [5.41, 5.74) is -0.882. The lowest BCUT2D eigenvalue weighted by molar-refractivity contribution is -0.143. The summed E-state index contributed by atoms with van der Waals surface area (Å²) in [5, 5.41) is 2.13. The molecule has 1 heterocycles. The predicted octanol–water partition coefficient (Wildman–Crippen LogP) is -0.672. The fourth-order valence-corrected chi connectivity index (χ4v) is 0.910. The van der Waals surface area contributed by atoms with Gasteiger partial charge in [0.25, 0.3) is 5.56 Å². The largest absolute Gasteiger partial charge is 0.462 e. The third-order valence-electron chi connectivity index (χ3n) is 1.42. The zero-order valence-electron chi connectivity index (χ0n) is 8.27. The number of carbonyl (C=O) groups excluding carboxylic acids is 2. The molecule has 0 amide bonds. The van der Waals surface area contributed by atoms with Crippen molar-refractivity contribution in [2.45, 2.75) is 13.8 Å². The molecule has 0 fully saturated rings. The monoisotopic (exact) mass is 214 g/mol. The highest BCUT2D eigenvalue weighted by Gasteiger charge is 2.15. The van der Waals surface area contributed by atoms with Gasteiger partial charge in [0.2, 0.25) is 0 Å². The molecular formula is C8H10N2O5. The van der Waals surface area contributed by atoms with Gasteiger partial charge in [-0.3, -0.25) is 4.79 Å². The summed E-state index contributed by atoms with van der Waals surface area (Å²) in [6.45, 7) is 2.95. The Morgan fingerprint density at radius 3 is 2.73 bits per heavy atom. The Kier molecular flexibility index (Phi) is 3.27. The van der Waals surface area contributed by atoms with E-state index in [4.69, 9.17) is 0 Å². The summed E-state index contributed by atoms with van der Waals surface area (Å²) in [6, 6.07) is 0. The molecule has 0 bridgehead atoms. The Morgan fingerprint density at radius 2 is 2.20 bits per heavy atom. The molecule has 1 rings (SSSR count). The Bertz CT molecular complexity index is 430. The highest BCUT2D eigenvalue weighted by Crippen LogP contribution is 1.93. The molecular weight excluding hydrogens is 204 g/mol. The summed E-state index contributed by atoms with van der Waals surface area (Å²) in [5.74, 6) is -1.37. The molecule has 0 saturated heterocycles. The molecule has 0 aliphatic heterocycles. The van der Waals surface area contributed by atoms with Crippen molar-refractivity contribution in [3.63, 3.8) is 0 Å². The van der Waals surface area contributed by atoms with Crippen LogP contribution in [0.2, 0.25) is 0 Å². The second kappa shape index (κ2) is 4.45. The lowest BCUT2D eigenvalue weighted by atomic mass is 10.4. The van der Waals surface area contributed by atoms with Crippen LogP contribution in [0.25, 0.3) is 0 Å². The second-order valence-corrected chi connectivity index (χ2v) is 2.61. The van der Waals surface area contributed by atoms with Crippen molar-refractivity contribution in [3.8, 4) is 0 Å². The zero-order valence-corrected chi connectivity index (χ0v) is 8.27. The molecule has 7 nitrogen and oxygen atoms in total. The van der Waals surface area contributed by atoms with Gasteiger partial charge < -0.3 is 9.57 Å². The maximum Gasteiger partial charge on any atom is 0.345 e. The average molecular weight is 214 g/mol. The first-order chi connectivity index (χ1) is 7.04. The number of aromatic nitrogens is 2. The van der Waals surface area contributed by atoms with E-state index in [-0.39, 0.29) is 12.2 Å². The van der Waals surface area contributed by atoms with Crippen LogP contribution in [0.1, 0.15) is 24.2 Å². The van der Waals surface area contributed by atoms with Crippen molar-refractivity contribution < 1.29 is 19.2 Å². The number of hydrogen-bond acceptors (Lipinski definition) is 5. The number of esters is 1. The number of hydrogen-bond donors (Lipinski definition) is 1. The third-order valence-corrected chi connectivity index (χ3v) is 1.42. The number of aromatic amines is 1. The zero-order chi connectivity index (χ0) is 11.4. The topological polar surface area (TPSA) is 90.4 Å². The van der Waals surface area contributed by atoms with E-state index in [9.17, 15) is 14.4 Å². The molecule has 0 aliphatic carbocycles. The van der Waals surface area contributed by atoms with Gasteiger partial charge in [0.05, 0.1) is 12.8 Å². The van der Waals surface area contributed by atoms with E-state index in [1.54, 1.807) is 6.92 Å². The van der Waals surface area contributed by atoms with Gasteiger partial charge in [-0.2, -0.15) is 0 Å². The van der Waals surface area contributed by atoms with Crippen LogP contribution < -0.4 is 10.4 Å². The standard InChI is InChI=1S/C8H10N2O5/c1-3-14-8(13)6-4-10(9-7(6)12)15-5(2)11/h4H,3H2,1-2H3,(H,9,12). The fraction of sp³-hybridized carbons (Fsp3) is 0.375. The fourth-order valence-electron chi connectivity index (χ4n) is 0.910. The number of nitrogens with zero attached hydrogens (tertiary/aromatic N) is 1. The number of H-pyrrole nitrogens is 1. The lowest BCUT2D eigenvalue weighted by Gasteiger charge is -1.98. The second-order valence-electron chi connectivity index (χ2n) is 2.61. The minimum atomic E-state index is -0.760. The van der Waals surface area contributed by atoms with Crippen LogP contribution in [-0.2, 0) is 9.53 Å². The Hall–Kier alpha value is -2.05. The van der Waals surface area contributed by atoms with Crippen molar-refractivity contribution in [2.75, 3.05) is 6.61 Å². The first-order valence-electron chi connectivity index (χ1n) is 4.22. The van der Waals surface area contributed by atoms with Crippen LogP contribution in [0, 0.1) is 0 Å². The minimum Gasteiger partial charge on any atom is -0.462 e. The van der Waals surface area contributed by atoms with Gasteiger partial charge >= 0.3 is 11.9 Å². The molecule has 0 saturated carbocycles. The summed E-state index contributed by atoms with van der Waals surface area (Å²) < 4.78 is 4.61. The van der Waals surface area contributed by atoms with Crippen molar-refractivity contribution >= 4 is 11.9 Å². The summed E-state index contributed by atoms with van der Waals surface area (Å²) >= 11 is 0. The highest BCUT2D eigenvalue weighted by atomic mass is 16.7. The van der Waals surface area contributed by atoms with E-state index in [0.29, 0.717) is 0 Å². The summed E-state index contributed by atoms with van der Waals surface area (Å²) in [7, 11) is 0. The van der Waals surface area contributed by atoms with Crippen LogP contribution in [0.3, 0.4) is 0 Å². The van der Waals surface area contributed by atoms with Gasteiger partial charge in [-0.05, 0) is 6.92 Å². The first-order valence-corrected chi connectivity index (χ1v) is 4.22. The Balaban J connectivity index is 2.91. The van der Waals surface area contributed by atoms with Gasteiger partial charge in [-0.25, -0.2) is 14.7 Å². The third kappa shape index (κ3) is 2.70. The minimum absolute atomic E-state index is 0.164. The molecule has 7 heteroatoms. The molecule has 0 spiro atoms. The number of rotatable bonds is 3. The summed E-state index contributed by atoms with van der Waals surface area (Å²) in [6.07, 6.45) is 1.06. The molecule has 0 atom stereocenters. The van der Waals surface area contributed by atoms with E-state index in [2.05, 4.69) is 14.7 Å². The van der Waals surface area contributed by atoms with Gasteiger partial charge in [-0.1, -0.05) is 0 Å². The first kappa shape index (κ1) is 11.0. The molecule has 1 aromatic heterocycles. The van der Waals surface area contributed by atoms with Crippen molar-refractivity contribution in [3.05, 3.63) is 22.1 Å². The average Bonchev–Trinajstić information content (AvgIpc) is 2.46. The number of nitrogens with one attached hydrogen (secondary N) is 1. The van der Waals surface area contributed by atoms with E-state index in [1.807, 2.05) is 0 Å². The van der Waals surface area contributed by atoms with E-state index >= 15 is 0 Å². The van der Waals surface area contributed by atoms with Crippen LogP contribution in [0.15, 0.2) is 11.0 Å². The molecule has 1 N–H and O–H groups in total. The van der Waals surface area contributed by atoms with Crippen LogP contribution in [0.4, 0.5) is 0 Å². The van der Waals surface area contributed by atoms with E-state index in [1.165, 1.54) is 6.92 Å². The van der Waals surface area contributed by atoms with E-state index < -0.39 is 17.5 Å². The van der Waals surface area contributed by atoms with E-state index in [0.717, 1.165) is 11.0 Å². The van der Waals surface area contributed by atoms with Gasteiger partial charge in [0, 0.05) is 6.92 Å². The molecule has 0 unspecified atom stereocenters. The van der Waals surface area contributed by atoms with Crippen LogP contribution >= 0.6 is 0 Å². The molecule has 82 valence electrons. The maximum absolute atomic E-state index is 11.2. The molecule has 15 heavy (non-hydrogen) atoms. The molecule has 1 aromatic rings. The quantitative estimate of drug-likeness (QED) is 0.674. The predicted molar refractivity (Wildman–Crippen MR) is 48.3 cm³/mol. The Morgan fingerprint density at radius 1 is 1.53 bits per heavy atom. The van der Waals surface area contributed by atoms with Crippen molar-refractivity contribution in [1.29, 1.82) is 0 Å². The molecule has 0 radical (unpaired) electrons. The molecule has 0 aromatic carbocycles. The number of carbonyl (C=O) groups is 2. The smallest absolute Gasteiger partial charge is 0.345 e. The maximum atomic E-state index is 11.2.